The largest absolute Gasteiger partial charge is 0.349 e. The maximum absolute atomic E-state index is 12.7. The highest BCUT2D eigenvalue weighted by Crippen LogP contribution is 2.27. The van der Waals surface area contributed by atoms with Crippen LogP contribution in [0.3, 0.4) is 0 Å². The van der Waals surface area contributed by atoms with Crippen molar-refractivity contribution < 1.29 is 14.4 Å². The Morgan fingerprint density at radius 3 is 2.73 bits per heavy atom. The van der Waals surface area contributed by atoms with Crippen LogP contribution in [0.2, 0.25) is 0 Å². The van der Waals surface area contributed by atoms with Crippen molar-refractivity contribution >= 4 is 51.8 Å². The van der Waals surface area contributed by atoms with Crippen LogP contribution < -0.4 is 15.5 Å². The number of carbonyl (C=O) groups excluding carboxylic acids is 3. The number of hydrogen-bond acceptors (Lipinski definition) is 5. The molecule has 1 aromatic heterocycles. The van der Waals surface area contributed by atoms with Crippen molar-refractivity contribution in [1.82, 2.24) is 10.3 Å². The number of pyridine rings is 1. The lowest BCUT2D eigenvalue weighted by Crippen LogP contribution is -2.25. The highest BCUT2D eigenvalue weighted by atomic mass is 32.2. The fourth-order valence-electron chi connectivity index (χ4n) is 3.91. The quantitative estimate of drug-likeness (QED) is 0.521. The van der Waals surface area contributed by atoms with Gasteiger partial charge in [0, 0.05) is 35.8 Å². The minimum absolute atomic E-state index is 0.101. The summed E-state index contributed by atoms with van der Waals surface area (Å²) in [6, 6.07) is 16.9. The molecule has 3 aromatic rings. The average Bonchev–Trinajstić information content (AvgIpc) is 3.53. The fourth-order valence-corrected chi connectivity index (χ4v) is 4.63. The van der Waals surface area contributed by atoms with Crippen LogP contribution in [0.25, 0.3) is 10.9 Å². The lowest BCUT2D eigenvalue weighted by molar-refractivity contribution is -0.117. The van der Waals surface area contributed by atoms with Crippen LogP contribution in [0.4, 0.5) is 11.4 Å². The Bertz CT molecular complexity index is 1240. The lowest BCUT2D eigenvalue weighted by Gasteiger charge is -2.16. The normalized spacial score (nSPS) is 15.6. The Balaban J connectivity index is 1.27. The second-order valence-corrected chi connectivity index (χ2v) is 9.30. The number of aromatic nitrogens is 1. The Morgan fingerprint density at radius 2 is 1.94 bits per heavy atom. The van der Waals surface area contributed by atoms with Crippen LogP contribution in [0, 0.1) is 0 Å². The van der Waals surface area contributed by atoms with Crippen molar-refractivity contribution in [3.05, 3.63) is 60.2 Å². The molecule has 33 heavy (non-hydrogen) atoms. The predicted molar refractivity (Wildman–Crippen MR) is 130 cm³/mol. The molecule has 0 unspecified atom stereocenters. The molecule has 1 saturated heterocycles. The summed E-state index contributed by atoms with van der Waals surface area (Å²) in [4.78, 5) is 43.7. The van der Waals surface area contributed by atoms with Gasteiger partial charge in [0.1, 0.15) is 0 Å². The van der Waals surface area contributed by atoms with Crippen LogP contribution in [0.1, 0.15) is 36.0 Å². The molecule has 5 rings (SSSR count). The first-order valence-electron chi connectivity index (χ1n) is 11.1. The minimum Gasteiger partial charge on any atom is -0.349 e. The van der Waals surface area contributed by atoms with Crippen LogP contribution in [0.15, 0.2) is 59.6 Å². The van der Waals surface area contributed by atoms with E-state index in [2.05, 4.69) is 15.6 Å². The van der Waals surface area contributed by atoms with E-state index < -0.39 is 0 Å². The third kappa shape index (κ3) is 5.01. The SMILES string of the molecule is O=C(CSc1cc(C(=O)NC2CC2)c2ccccc2n1)Nc1cccc(N2CCCC2=O)c1. The first-order valence-corrected chi connectivity index (χ1v) is 12.1. The second kappa shape index (κ2) is 9.23. The molecule has 3 amide bonds. The number of carbonyl (C=O) groups is 3. The average molecular weight is 461 g/mol. The number of hydrogen-bond donors (Lipinski definition) is 2. The monoisotopic (exact) mass is 460 g/mol. The van der Waals surface area contributed by atoms with Crippen molar-refractivity contribution in [3.63, 3.8) is 0 Å². The zero-order valence-corrected chi connectivity index (χ0v) is 18.9. The summed E-state index contributed by atoms with van der Waals surface area (Å²) in [6.45, 7) is 0.705. The number of para-hydroxylation sites is 1. The van der Waals surface area contributed by atoms with Crippen LogP contribution in [-0.4, -0.2) is 41.0 Å². The second-order valence-electron chi connectivity index (χ2n) is 8.31. The van der Waals surface area contributed by atoms with Crippen LogP contribution in [-0.2, 0) is 9.59 Å². The molecular formula is C25H24N4O3S. The van der Waals surface area contributed by atoms with E-state index >= 15 is 0 Å². The van der Waals surface area contributed by atoms with E-state index in [1.54, 1.807) is 17.0 Å². The van der Waals surface area contributed by atoms with E-state index in [1.807, 2.05) is 42.5 Å². The molecule has 0 spiro atoms. The van der Waals surface area contributed by atoms with E-state index in [0.717, 1.165) is 35.9 Å². The molecule has 1 aliphatic heterocycles. The van der Waals surface area contributed by atoms with Gasteiger partial charge in [0.25, 0.3) is 5.91 Å². The van der Waals surface area contributed by atoms with Crippen LogP contribution >= 0.6 is 11.8 Å². The highest BCUT2D eigenvalue weighted by molar-refractivity contribution is 7.99. The summed E-state index contributed by atoms with van der Waals surface area (Å²) >= 11 is 1.29. The Labute approximate surface area is 195 Å². The number of nitrogens with zero attached hydrogens (tertiary/aromatic N) is 2. The molecule has 1 aliphatic carbocycles. The predicted octanol–water partition coefficient (Wildman–Crippen LogP) is 3.98. The van der Waals surface area contributed by atoms with E-state index in [0.29, 0.717) is 29.2 Å². The number of thioether (sulfide) groups is 1. The summed E-state index contributed by atoms with van der Waals surface area (Å²) in [7, 11) is 0. The van der Waals surface area contributed by atoms with Gasteiger partial charge >= 0.3 is 0 Å². The van der Waals surface area contributed by atoms with Gasteiger partial charge in [-0.25, -0.2) is 4.98 Å². The van der Waals surface area contributed by atoms with Gasteiger partial charge in [-0.2, -0.15) is 0 Å². The molecule has 8 heteroatoms. The van der Waals surface area contributed by atoms with Crippen molar-refractivity contribution in [2.24, 2.45) is 0 Å². The molecule has 0 radical (unpaired) electrons. The summed E-state index contributed by atoms with van der Waals surface area (Å²) in [5, 5.41) is 7.36. The van der Waals surface area contributed by atoms with Gasteiger partial charge in [0.15, 0.2) is 0 Å². The molecule has 1 saturated carbocycles. The van der Waals surface area contributed by atoms with E-state index in [1.165, 1.54) is 11.8 Å². The first-order chi connectivity index (χ1) is 16.1. The van der Waals surface area contributed by atoms with E-state index in [-0.39, 0.29) is 29.5 Å². The van der Waals surface area contributed by atoms with E-state index in [9.17, 15) is 14.4 Å². The Hall–Kier alpha value is -3.39. The molecule has 2 aromatic carbocycles. The maximum atomic E-state index is 12.7. The number of anilines is 2. The van der Waals surface area contributed by atoms with Crippen molar-refractivity contribution in [2.45, 2.75) is 36.8 Å². The highest BCUT2D eigenvalue weighted by Gasteiger charge is 2.25. The zero-order valence-electron chi connectivity index (χ0n) is 18.0. The summed E-state index contributed by atoms with van der Waals surface area (Å²) < 4.78 is 0. The molecule has 0 bridgehead atoms. The van der Waals surface area contributed by atoms with Crippen molar-refractivity contribution in [2.75, 3.05) is 22.5 Å². The molecule has 168 valence electrons. The van der Waals surface area contributed by atoms with Gasteiger partial charge in [-0.1, -0.05) is 36.0 Å². The maximum Gasteiger partial charge on any atom is 0.252 e. The lowest BCUT2D eigenvalue weighted by atomic mass is 10.1. The number of fused-ring (bicyclic) bond motifs is 1. The standard InChI is InChI=1S/C25H24N4O3S/c30-22(26-17-5-3-6-18(13-17)29-12-4-9-24(29)31)15-33-23-14-20(25(32)27-16-10-11-16)19-7-1-2-8-21(19)28-23/h1-3,5-8,13-14,16H,4,9-12,15H2,(H,26,30)(H,27,32). The summed E-state index contributed by atoms with van der Waals surface area (Å²) in [6.07, 6.45) is 3.45. The van der Waals surface area contributed by atoms with Crippen molar-refractivity contribution in [1.29, 1.82) is 0 Å². The van der Waals surface area contributed by atoms with Gasteiger partial charge in [-0.15, -0.1) is 0 Å². The minimum atomic E-state index is -0.177. The van der Waals surface area contributed by atoms with Crippen LogP contribution in [0.5, 0.6) is 0 Å². The number of rotatable bonds is 7. The van der Waals surface area contributed by atoms with Gasteiger partial charge < -0.3 is 15.5 Å². The summed E-state index contributed by atoms with van der Waals surface area (Å²) in [5.41, 5.74) is 2.75. The summed E-state index contributed by atoms with van der Waals surface area (Å²) in [5.74, 6) is -0.0144. The number of benzene rings is 2. The van der Waals surface area contributed by atoms with Gasteiger partial charge in [-0.05, 0) is 49.6 Å². The third-order valence-corrected chi connectivity index (χ3v) is 6.63. The number of nitrogens with one attached hydrogen (secondary N) is 2. The Morgan fingerprint density at radius 1 is 1.09 bits per heavy atom. The van der Waals surface area contributed by atoms with Crippen molar-refractivity contribution in [3.8, 4) is 0 Å². The molecular weight excluding hydrogens is 436 g/mol. The Kier molecular flexibility index (Phi) is 6.00. The van der Waals surface area contributed by atoms with Gasteiger partial charge in [-0.3, -0.25) is 14.4 Å². The molecule has 2 N–H and O–H groups in total. The third-order valence-electron chi connectivity index (χ3n) is 5.72. The topological polar surface area (TPSA) is 91.4 Å². The van der Waals surface area contributed by atoms with Gasteiger partial charge in [0.05, 0.1) is 21.9 Å². The zero-order chi connectivity index (χ0) is 22.8. The molecule has 2 aliphatic rings. The van der Waals surface area contributed by atoms with Gasteiger partial charge in [0.2, 0.25) is 11.8 Å². The first kappa shape index (κ1) is 21.5. The molecule has 2 heterocycles. The van der Waals surface area contributed by atoms with E-state index in [4.69, 9.17) is 0 Å². The fraction of sp³-hybridized carbons (Fsp3) is 0.280. The number of amides is 3. The smallest absolute Gasteiger partial charge is 0.252 e. The molecule has 2 fully saturated rings. The molecule has 0 atom stereocenters. The molecule has 7 nitrogen and oxygen atoms in total.